The van der Waals surface area contributed by atoms with E-state index in [9.17, 15) is 9.59 Å². The van der Waals surface area contributed by atoms with Gasteiger partial charge in [-0.15, -0.1) is 24.8 Å². The van der Waals surface area contributed by atoms with Crippen molar-refractivity contribution in [2.75, 3.05) is 18.5 Å². The van der Waals surface area contributed by atoms with Crippen LogP contribution in [-0.4, -0.2) is 36.0 Å². The van der Waals surface area contributed by atoms with E-state index in [1.54, 1.807) is 18.3 Å². The van der Waals surface area contributed by atoms with Gasteiger partial charge in [0.25, 0.3) is 0 Å². The van der Waals surface area contributed by atoms with Crippen LogP contribution in [0.15, 0.2) is 18.3 Å². The van der Waals surface area contributed by atoms with Gasteiger partial charge in [0.2, 0.25) is 11.8 Å². The van der Waals surface area contributed by atoms with Crippen molar-refractivity contribution in [3.8, 4) is 5.75 Å². The summed E-state index contributed by atoms with van der Waals surface area (Å²) in [6.07, 6.45) is 7.77. The molecule has 4 N–H and O–H groups in total. The van der Waals surface area contributed by atoms with Crippen LogP contribution in [0.3, 0.4) is 0 Å². The highest BCUT2D eigenvalue weighted by atomic mass is 35.5. The number of hydrogen-bond acceptors (Lipinski definition) is 5. The van der Waals surface area contributed by atoms with Gasteiger partial charge in [0, 0.05) is 6.20 Å². The summed E-state index contributed by atoms with van der Waals surface area (Å²) in [5.74, 6) is 0.783. The Bertz CT molecular complexity index is 611. The van der Waals surface area contributed by atoms with Gasteiger partial charge in [0.05, 0.1) is 19.2 Å². The minimum Gasteiger partial charge on any atom is -0.489 e. The average Bonchev–Trinajstić information content (AvgIpc) is 2.65. The maximum Gasteiger partial charge on any atom is 0.245 e. The molecule has 1 aliphatic carbocycles. The zero-order valence-electron chi connectivity index (χ0n) is 16.5. The number of carbonyl (C=O) groups excluding carboxylic acids is 2. The van der Waals surface area contributed by atoms with Crippen molar-refractivity contribution in [1.82, 2.24) is 10.3 Å². The number of nitrogens with two attached hydrogens (primary N) is 1. The topological polar surface area (TPSA) is 106 Å². The fourth-order valence-corrected chi connectivity index (χ4v) is 2.93. The highest BCUT2D eigenvalue weighted by Gasteiger charge is 2.19. The van der Waals surface area contributed by atoms with Crippen LogP contribution in [0.2, 0.25) is 0 Å². The number of anilines is 1. The second-order valence-corrected chi connectivity index (χ2v) is 7.20. The molecule has 0 bridgehead atoms. The van der Waals surface area contributed by atoms with Crippen LogP contribution in [0.25, 0.3) is 0 Å². The van der Waals surface area contributed by atoms with E-state index < -0.39 is 6.04 Å². The first kappa shape index (κ1) is 26.4. The van der Waals surface area contributed by atoms with Crippen molar-refractivity contribution in [3.63, 3.8) is 0 Å². The number of nitrogens with zero attached hydrogens (tertiary/aromatic N) is 1. The first-order valence-electron chi connectivity index (χ1n) is 9.38. The lowest BCUT2D eigenvalue weighted by atomic mass is 9.90. The minimum atomic E-state index is -0.632. The molecule has 1 saturated carbocycles. The molecule has 1 atom stereocenters. The number of halogens is 2. The molecule has 1 aliphatic rings. The minimum absolute atomic E-state index is 0. The van der Waals surface area contributed by atoms with E-state index in [1.807, 2.05) is 13.8 Å². The molecule has 0 spiro atoms. The molecule has 2 rings (SSSR count). The van der Waals surface area contributed by atoms with Gasteiger partial charge in [0.1, 0.15) is 0 Å². The smallest absolute Gasteiger partial charge is 0.245 e. The lowest BCUT2D eigenvalue weighted by Crippen LogP contribution is -2.46. The Labute approximate surface area is 179 Å². The van der Waals surface area contributed by atoms with Gasteiger partial charge in [-0.1, -0.05) is 33.1 Å². The highest BCUT2D eigenvalue weighted by molar-refractivity contribution is 5.95. The second kappa shape index (κ2) is 13.6. The Balaban J connectivity index is 0.00000364. The fraction of sp³-hybridized carbons (Fsp3) is 0.632. The Morgan fingerprint density at radius 2 is 1.93 bits per heavy atom. The largest absolute Gasteiger partial charge is 0.489 e. The number of carbonyl (C=O) groups is 2. The number of ether oxygens (including phenoxy) is 1. The lowest BCUT2D eigenvalue weighted by molar-refractivity contribution is -0.125. The molecule has 1 aromatic heterocycles. The number of nitrogens with one attached hydrogen (secondary N) is 2. The maximum absolute atomic E-state index is 12.1. The van der Waals surface area contributed by atoms with Crippen LogP contribution < -0.4 is 21.1 Å². The van der Waals surface area contributed by atoms with Crippen LogP contribution in [0, 0.1) is 11.8 Å². The quantitative estimate of drug-likeness (QED) is 0.582. The van der Waals surface area contributed by atoms with Crippen LogP contribution in [0.4, 0.5) is 5.82 Å². The summed E-state index contributed by atoms with van der Waals surface area (Å²) < 4.78 is 5.89. The van der Waals surface area contributed by atoms with E-state index in [-0.39, 0.29) is 49.1 Å². The molecule has 0 unspecified atom stereocenters. The Morgan fingerprint density at radius 3 is 2.57 bits per heavy atom. The number of amides is 2. The summed E-state index contributed by atoms with van der Waals surface area (Å²) in [5.41, 5.74) is 5.76. The zero-order chi connectivity index (χ0) is 18.9. The highest BCUT2D eigenvalue weighted by Crippen LogP contribution is 2.26. The van der Waals surface area contributed by atoms with Gasteiger partial charge in [0.15, 0.2) is 11.6 Å². The summed E-state index contributed by atoms with van der Waals surface area (Å²) in [7, 11) is 0. The van der Waals surface area contributed by atoms with Crippen molar-refractivity contribution in [3.05, 3.63) is 18.3 Å². The van der Waals surface area contributed by atoms with Gasteiger partial charge >= 0.3 is 0 Å². The van der Waals surface area contributed by atoms with Crippen LogP contribution in [-0.2, 0) is 9.59 Å². The van der Waals surface area contributed by atoms with Crippen molar-refractivity contribution in [2.45, 2.75) is 52.0 Å². The Morgan fingerprint density at radius 1 is 1.25 bits per heavy atom. The first-order chi connectivity index (χ1) is 12.5. The van der Waals surface area contributed by atoms with Crippen molar-refractivity contribution in [1.29, 1.82) is 0 Å². The van der Waals surface area contributed by atoms with Gasteiger partial charge in [-0.3, -0.25) is 9.59 Å². The van der Waals surface area contributed by atoms with Crippen molar-refractivity contribution < 1.29 is 14.3 Å². The van der Waals surface area contributed by atoms with E-state index in [4.69, 9.17) is 10.5 Å². The molecule has 2 amide bonds. The van der Waals surface area contributed by atoms with Gasteiger partial charge < -0.3 is 21.1 Å². The molecule has 1 aromatic rings. The summed E-state index contributed by atoms with van der Waals surface area (Å²) in [4.78, 5) is 28.1. The third-order valence-corrected chi connectivity index (χ3v) is 4.67. The fourth-order valence-electron chi connectivity index (χ4n) is 2.93. The number of hydrogen-bond donors (Lipinski definition) is 3. The molecule has 0 radical (unpaired) electrons. The molecule has 0 aliphatic heterocycles. The van der Waals surface area contributed by atoms with Crippen LogP contribution in [0.1, 0.15) is 46.0 Å². The Hall–Kier alpha value is -1.57. The lowest BCUT2D eigenvalue weighted by Gasteiger charge is -2.22. The standard InChI is InChI=1S/C19H30N4O3.2ClH/c1-13(2)17(20)19(25)22-11-16(24)23-18-15(9-6-10-21-18)26-12-14-7-4-3-5-8-14;;/h6,9-10,13-14,17H,3-5,7-8,11-12,20H2,1-2H3,(H,22,25)(H,21,23,24);2*1H/t17-;;/m0../s1. The predicted octanol–water partition coefficient (Wildman–Crippen LogP) is 2.92. The van der Waals surface area contributed by atoms with Crippen molar-refractivity contribution in [2.24, 2.45) is 17.6 Å². The molecule has 0 aromatic carbocycles. The second-order valence-electron chi connectivity index (χ2n) is 7.20. The van der Waals surface area contributed by atoms with Crippen LogP contribution in [0.5, 0.6) is 5.75 Å². The van der Waals surface area contributed by atoms with Gasteiger partial charge in [-0.2, -0.15) is 0 Å². The molecular formula is C19H32Cl2N4O3. The molecule has 7 nitrogen and oxygen atoms in total. The summed E-state index contributed by atoms with van der Waals surface area (Å²) in [5, 5.41) is 5.23. The van der Waals surface area contributed by atoms with Crippen molar-refractivity contribution >= 4 is 42.4 Å². The third-order valence-electron chi connectivity index (χ3n) is 4.67. The monoisotopic (exact) mass is 434 g/mol. The van der Waals surface area contributed by atoms with Crippen LogP contribution >= 0.6 is 24.8 Å². The zero-order valence-corrected chi connectivity index (χ0v) is 18.1. The molecule has 1 heterocycles. The Kier molecular flexibility index (Phi) is 12.8. The van der Waals surface area contributed by atoms with E-state index in [0.29, 0.717) is 24.1 Å². The summed E-state index contributed by atoms with van der Waals surface area (Å²) in [6.45, 7) is 4.19. The van der Waals surface area contributed by atoms with E-state index >= 15 is 0 Å². The van der Waals surface area contributed by atoms with Gasteiger partial charge in [-0.05, 0) is 36.8 Å². The number of pyridine rings is 1. The predicted molar refractivity (Wildman–Crippen MR) is 115 cm³/mol. The van der Waals surface area contributed by atoms with E-state index in [1.165, 1.54) is 32.1 Å². The van der Waals surface area contributed by atoms with E-state index in [0.717, 1.165) is 0 Å². The van der Waals surface area contributed by atoms with Gasteiger partial charge in [-0.25, -0.2) is 4.98 Å². The molecule has 160 valence electrons. The number of rotatable bonds is 8. The third kappa shape index (κ3) is 8.63. The molecular weight excluding hydrogens is 403 g/mol. The SMILES string of the molecule is CC(C)[C@H](N)C(=O)NCC(=O)Nc1ncccc1OCC1CCCCC1.Cl.Cl. The molecule has 9 heteroatoms. The molecule has 1 fully saturated rings. The summed E-state index contributed by atoms with van der Waals surface area (Å²) in [6, 6.07) is 2.93. The maximum atomic E-state index is 12.1. The number of aromatic nitrogens is 1. The molecule has 28 heavy (non-hydrogen) atoms. The van der Waals surface area contributed by atoms with E-state index in [2.05, 4.69) is 15.6 Å². The summed E-state index contributed by atoms with van der Waals surface area (Å²) >= 11 is 0. The average molecular weight is 435 g/mol. The normalized spacial score (nSPS) is 15.0. The molecule has 0 saturated heterocycles. The first-order valence-corrected chi connectivity index (χ1v) is 9.38.